The summed E-state index contributed by atoms with van der Waals surface area (Å²) in [5.41, 5.74) is -0.471. The van der Waals surface area contributed by atoms with Gasteiger partial charge in [0, 0.05) is 23.7 Å². The maximum atomic E-state index is 12.3. The molecule has 0 unspecified atom stereocenters. The van der Waals surface area contributed by atoms with Gasteiger partial charge in [0.05, 0.1) is 0 Å². The van der Waals surface area contributed by atoms with Crippen LogP contribution in [0.1, 0.15) is 81.6 Å². The third-order valence-corrected chi connectivity index (χ3v) is 4.43. The van der Waals surface area contributed by atoms with Crippen molar-refractivity contribution < 1.29 is 9.59 Å². The number of amides is 4. The topological polar surface area (TPSA) is 82.3 Å². The predicted molar refractivity (Wildman–Crippen MR) is 107 cm³/mol. The van der Waals surface area contributed by atoms with Gasteiger partial charge in [0.25, 0.3) is 0 Å². The molecule has 4 N–H and O–H groups in total. The van der Waals surface area contributed by atoms with Crippen LogP contribution in [0.4, 0.5) is 9.59 Å². The first-order valence-electron chi connectivity index (χ1n) is 9.63. The molecule has 0 bridgehead atoms. The number of hydrogen-bond acceptors (Lipinski definition) is 2. The first-order chi connectivity index (χ1) is 11.5. The maximum Gasteiger partial charge on any atom is 0.315 e. The summed E-state index contributed by atoms with van der Waals surface area (Å²) in [6.07, 6.45) is 2.80. The molecule has 26 heavy (non-hydrogen) atoms. The van der Waals surface area contributed by atoms with Gasteiger partial charge in [-0.1, -0.05) is 20.8 Å². The molecule has 0 radical (unpaired) electrons. The van der Waals surface area contributed by atoms with Crippen molar-refractivity contribution in [1.29, 1.82) is 0 Å². The Morgan fingerprint density at radius 2 is 1.38 bits per heavy atom. The third-order valence-electron chi connectivity index (χ3n) is 4.43. The van der Waals surface area contributed by atoms with Crippen LogP contribution in [-0.4, -0.2) is 35.7 Å². The standard InChI is InChI=1S/C20H40N4O2/c1-17(2,3)23-15(25)21-13-20(9)11-14(10-19(7,8)12-20)22-16(26)24-18(4,5)6/h14H,10-13H2,1-9H3,(H2,21,23,25)(H2,22,24,26)/t14-,20+/m1/s1. The summed E-state index contributed by atoms with van der Waals surface area (Å²) in [6.45, 7) is 19.1. The summed E-state index contributed by atoms with van der Waals surface area (Å²) in [7, 11) is 0. The highest BCUT2D eigenvalue weighted by molar-refractivity contribution is 5.75. The number of nitrogens with one attached hydrogen (secondary N) is 4. The highest BCUT2D eigenvalue weighted by Crippen LogP contribution is 2.45. The van der Waals surface area contributed by atoms with E-state index < -0.39 is 0 Å². The zero-order chi connectivity index (χ0) is 20.4. The van der Waals surface area contributed by atoms with Gasteiger partial charge in [-0.3, -0.25) is 0 Å². The minimum atomic E-state index is -0.260. The zero-order valence-corrected chi connectivity index (χ0v) is 18.2. The first-order valence-corrected chi connectivity index (χ1v) is 9.63. The molecule has 0 aromatic carbocycles. The Balaban J connectivity index is 2.70. The Labute approximate surface area is 159 Å². The van der Waals surface area contributed by atoms with Crippen LogP contribution < -0.4 is 21.3 Å². The fourth-order valence-electron chi connectivity index (χ4n) is 4.11. The Bertz CT molecular complexity index is 517. The number of carbonyl (C=O) groups is 2. The van der Waals surface area contributed by atoms with E-state index in [9.17, 15) is 9.59 Å². The molecule has 6 nitrogen and oxygen atoms in total. The lowest BCUT2D eigenvalue weighted by molar-refractivity contribution is 0.0743. The fourth-order valence-corrected chi connectivity index (χ4v) is 4.11. The molecule has 0 spiro atoms. The molecule has 0 saturated heterocycles. The normalized spacial score (nSPS) is 26.0. The summed E-state index contributed by atoms with van der Waals surface area (Å²) in [6, 6.07) is -0.170. The van der Waals surface area contributed by atoms with Crippen molar-refractivity contribution >= 4 is 12.1 Å². The van der Waals surface area contributed by atoms with Gasteiger partial charge in [0.1, 0.15) is 0 Å². The van der Waals surface area contributed by atoms with Crippen LogP contribution in [0.15, 0.2) is 0 Å². The number of hydrogen-bond donors (Lipinski definition) is 4. The Morgan fingerprint density at radius 3 is 1.88 bits per heavy atom. The minimum Gasteiger partial charge on any atom is -0.338 e. The second-order valence-electron chi connectivity index (χ2n) is 11.2. The van der Waals surface area contributed by atoms with E-state index in [1.165, 1.54) is 0 Å². The molecule has 1 saturated carbocycles. The second kappa shape index (κ2) is 7.65. The lowest BCUT2D eigenvalue weighted by atomic mass is 9.62. The lowest BCUT2D eigenvalue weighted by Crippen LogP contribution is -2.55. The zero-order valence-electron chi connectivity index (χ0n) is 18.2. The average Bonchev–Trinajstić information content (AvgIpc) is 2.29. The van der Waals surface area contributed by atoms with Gasteiger partial charge in [0.2, 0.25) is 0 Å². The molecular formula is C20H40N4O2. The van der Waals surface area contributed by atoms with Crippen molar-refractivity contribution in [2.45, 2.75) is 98.7 Å². The molecule has 2 atom stereocenters. The number of urea groups is 2. The van der Waals surface area contributed by atoms with Gasteiger partial charge < -0.3 is 21.3 Å². The lowest BCUT2D eigenvalue weighted by Gasteiger charge is -2.47. The molecule has 1 aliphatic rings. The molecule has 1 aliphatic carbocycles. The maximum absolute atomic E-state index is 12.3. The molecular weight excluding hydrogens is 328 g/mol. The molecule has 152 valence electrons. The van der Waals surface area contributed by atoms with Crippen molar-refractivity contribution in [3.05, 3.63) is 0 Å². The molecule has 4 amide bonds. The van der Waals surface area contributed by atoms with Crippen molar-refractivity contribution in [1.82, 2.24) is 21.3 Å². The van der Waals surface area contributed by atoms with Crippen molar-refractivity contribution in [2.75, 3.05) is 6.54 Å². The smallest absolute Gasteiger partial charge is 0.315 e. The van der Waals surface area contributed by atoms with Crippen LogP contribution in [0.5, 0.6) is 0 Å². The fraction of sp³-hybridized carbons (Fsp3) is 0.900. The van der Waals surface area contributed by atoms with E-state index in [2.05, 4.69) is 42.0 Å². The van der Waals surface area contributed by atoms with Crippen molar-refractivity contribution in [3.63, 3.8) is 0 Å². The number of carbonyl (C=O) groups excluding carboxylic acids is 2. The first kappa shape index (κ1) is 22.6. The molecule has 0 aliphatic heterocycles. The third kappa shape index (κ3) is 8.77. The van der Waals surface area contributed by atoms with Gasteiger partial charge in [-0.2, -0.15) is 0 Å². The summed E-state index contributed by atoms with van der Waals surface area (Å²) >= 11 is 0. The van der Waals surface area contributed by atoms with Crippen LogP contribution in [0.25, 0.3) is 0 Å². The number of rotatable bonds is 3. The van der Waals surface area contributed by atoms with Gasteiger partial charge >= 0.3 is 12.1 Å². The van der Waals surface area contributed by atoms with Crippen molar-refractivity contribution in [3.8, 4) is 0 Å². The summed E-state index contributed by atoms with van der Waals surface area (Å²) in [4.78, 5) is 24.4. The monoisotopic (exact) mass is 368 g/mol. The highest BCUT2D eigenvalue weighted by atomic mass is 16.2. The largest absolute Gasteiger partial charge is 0.338 e. The van der Waals surface area contributed by atoms with Crippen LogP contribution in [-0.2, 0) is 0 Å². The molecule has 1 fully saturated rings. The average molecular weight is 369 g/mol. The van der Waals surface area contributed by atoms with E-state index in [1.54, 1.807) is 0 Å². The van der Waals surface area contributed by atoms with E-state index in [-0.39, 0.29) is 40.0 Å². The van der Waals surface area contributed by atoms with E-state index in [0.29, 0.717) is 6.54 Å². The van der Waals surface area contributed by atoms with Gasteiger partial charge in [0.15, 0.2) is 0 Å². The van der Waals surface area contributed by atoms with Gasteiger partial charge in [-0.15, -0.1) is 0 Å². The van der Waals surface area contributed by atoms with Gasteiger partial charge in [-0.05, 0) is 71.6 Å². The Kier molecular flexibility index (Phi) is 6.64. The van der Waals surface area contributed by atoms with E-state index in [0.717, 1.165) is 19.3 Å². The molecule has 0 aromatic rings. The van der Waals surface area contributed by atoms with Crippen LogP contribution in [0.2, 0.25) is 0 Å². The minimum absolute atomic E-state index is 0.0589. The molecule has 6 heteroatoms. The molecule has 1 rings (SSSR count). The van der Waals surface area contributed by atoms with Crippen LogP contribution >= 0.6 is 0 Å². The second-order valence-corrected chi connectivity index (χ2v) is 11.2. The van der Waals surface area contributed by atoms with Crippen molar-refractivity contribution in [2.24, 2.45) is 10.8 Å². The summed E-state index contributed by atoms with van der Waals surface area (Å²) < 4.78 is 0. The Morgan fingerprint density at radius 1 is 0.885 bits per heavy atom. The molecule has 0 aromatic heterocycles. The summed E-state index contributed by atoms with van der Waals surface area (Å²) in [5.74, 6) is 0. The quantitative estimate of drug-likeness (QED) is 0.611. The van der Waals surface area contributed by atoms with E-state index >= 15 is 0 Å². The molecule has 0 heterocycles. The van der Waals surface area contributed by atoms with E-state index in [1.807, 2.05) is 41.5 Å². The highest BCUT2D eigenvalue weighted by Gasteiger charge is 2.42. The SMILES string of the molecule is CC1(C)C[C@@H](NC(=O)NC(C)(C)C)C[C@](C)(CNC(=O)NC(C)(C)C)C1. The van der Waals surface area contributed by atoms with E-state index in [4.69, 9.17) is 0 Å². The predicted octanol–water partition coefficient (Wildman–Crippen LogP) is 3.77. The summed E-state index contributed by atoms with van der Waals surface area (Å²) in [5, 5.41) is 12.1. The van der Waals surface area contributed by atoms with Crippen LogP contribution in [0, 0.1) is 10.8 Å². The van der Waals surface area contributed by atoms with Crippen LogP contribution in [0.3, 0.4) is 0 Å². The Hall–Kier alpha value is -1.46. The van der Waals surface area contributed by atoms with Gasteiger partial charge in [-0.25, -0.2) is 9.59 Å².